The quantitative estimate of drug-likeness (QED) is 0.297. The normalized spacial score (nSPS) is 17.2. The van der Waals surface area contributed by atoms with Gasteiger partial charge >= 0.3 is 0 Å². The molecule has 0 aliphatic carbocycles. The van der Waals surface area contributed by atoms with Crippen LogP contribution in [0.1, 0.15) is 12.8 Å². The molecule has 7 nitrogen and oxygen atoms in total. The maximum Gasteiger partial charge on any atom is 0.220 e. The van der Waals surface area contributed by atoms with E-state index in [1.165, 1.54) is 24.3 Å². The molecule has 0 spiro atoms. The molecule has 3 aromatic heterocycles. The van der Waals surface area contributed by atoms with E-state index in [2.05, 4.69) is 10.3 Å². The molecule has 6 rings (SSSR count). The van der Waals surface area contributed by atoms with Gasteiger partial charge in [0, 0.05) is 53.1 Å². The van der Waals surface area contributed by atoms with E-state index in [4.69, 9.17) is 15.8 Å². The Labute approximate surface area is 230 Å². The van der Waals surface area contributed by atoms with Crippen LogP contribution in [0.15, 0.2) is 79.3 Å². The van der Waals surface area contributed by atoms with Crippen molar-refractivity contribution in [1.29, 1.82) is 0 Å². The number of piperidine rings is 1. The molecular formula is C31H28F2N6O. The van der Waals surface area contributed by atoms with Gasteiger partial charge in [-0.3, -0.25) is 14.5 Å². The van der Waals surface area contributed by atoms with Crippen LogP contribution in [0.25, 0.3) is 44.5 Å². The van der Waals surface area contributed by atoms with Crippen molar-refractivity contribution >= 4 is 16.9 Å². The van der Waals surface area contributed by atoms with Gasteiger partial charge in [0.1, 0.15) is 11.6 Å². The summed E-state index contributed by atoms with van der Waals surface area (Å²) in [5.41, 5.74) is 10.9. The van der Waals surface area contributed by atoms with Crippen molar-refractivity contribution in [3.8, 4) is 33.5 Å². The lowest BCUT2D eigenvalue weighted by Gasteiger charge is -2.29. The highest BCUT2D eigenvalue weighted by Gasteiger charge is 2.29. The molecule has 202 valence electrons. The van der Waals surface area contributed by atoms with Crippen LogP contribution in [-0.2, 0) is 11.3 Å². The highest BCUT2D eigenvalue weighted by molar-refractivity contribution is 6.05. The Bertz CT molecular complexity index is 1650. The lowest BCUT2D eigenvalue weighted by atomic mass is 9.84. The van der Waals surface area contributed by atoms with E-state index >= 15 is 0 Å². The van der Waals surface area contributed by atoms with Gasteiger partial charge in [-0.2, -0.15) is 5.10 Å². The van der Waals surface area contributed by atoms with Crippen LogP contribution in [0.5, 0.6) is 0 Å². The SMILES string of the molecule is NC(=O)C1CCNCC1CCn1cc2c(-c3ccc(F)cc3)c(-c3ccncc3)c(-c3ccc(F)cc3)nc2n1. The third-order valence-corrected chi connectivity index (χ3v) is 7.64. The number of rotatable bonds is 7. The maximum atomic E-state index is 14.0. The van der Waals surface area contributed by atoms with Crippen LogP contribution in [0.4, 0.5) is 8.78 Å². The number of nitrogens with zero attached hydrogens (tertiary/aromatic N) is 4. The van der Waals surface area contributed by atoms with Crippen molar-refractivity contribution in [1.82, 2.24) is 25.1 Å². The van der Waals surface area contributed by atoms with E-state index in [-0.39, 0.29) is 29.4 Å². The molecule has 1 aliphatic heterocycles. The standard InChI is InChI=1S/C31H28F2N6O/c32-23-5-1-19(2-6-23)27-26-18-39(16-12-22-17-36-15-11-25(22)30(34)40)38-31(26)37-29(21-3-7-24(33)8-4-21)28(27)20-9-13-35-14-10-20/h1-10,13-14,18,22,25,36H,11-12,15-17H2,(H2,34,40). The number of pyridine rings is 2. The lowest BCUT2D eigenvalue weighted by molar-refractivity contribution is -0.124. The number of carbonyl (C=O) groups is 1. The molecule has 2 aromatic carbocycles. The van der Waals surface area contributed by atoms with E-state index < -0.39 is 0 Å². The first-order valence-electron chi connectivity index (χ1n) is 13.3. The predicted octanol–water partition coefficient (Wildman–Crippen LogP) is 5.21. The van der Waals surface area contributed by atoms with Crippen molar-refractivity contribution in [2.75, 3.05) is 13.1 Å². The van der Waals surface area contributed by atoms with Gasteiger partial charge in [-0.1, -0.05) is 12.1 Å². The van der Waals surface area contributed by atoms with Crippen LogP contribution in [0.2, 0.25) is 0 Å². The highest BCUT2D eigenvalue weighted by Crippen LogP contribution is 2.43. The molecule has 1 saturated heterocycles. The number of amides is 1. The number of hydrogen-bond donors (Lipinski definition) is 2. The molecule has 1 fully saturated rings. The van der Waals surface area contributed by atoms with Crippen molar-refractivity contribution in [2.24, 2.45) is 17.6 Å². The van der Waals surface area contributed by atoms with Crippen molar-refractivity contribution in [3.05, 3.63) is 90.9 Å². The molecule has 0 saturated carbocycles. The number of aryl methyl sites for hydroxylation is 1. The first-order chi connectivity index (χ1) is 19.5. The zero-order valence-corrected chi connectivity index (χ0v) is 21.7. The fourth-order valence-electron chi connectivity index (χ4n) is 5.63. The molecular weight excluding hydrogens is 510 g/mol. The molecule has 1 amide bonds. The van der Waals surface area contributed by atoms with Crippen LogP contribution >= 0.6 is 0 Å². The Morgan fingerprint density at radius 1 is 0.925 bits per heavy atom. The summed E-state index contributed by atoms with van der Waals surface area (Å²) < 4.78 is 29.7. The van der Waals surface area contributed by atoms with Crippen LogP contribution in [0.3, 0.4) is 0 Å². The molecule has 9 heteroatoms. The minimum Gasteiger partial charge on any atom is -0.369 e. The van der Waals surface area contributed by atoms with Gasteiger partial charge in [0.15, 0.2) is 5.65 Å². The number of carbonyl (C=O) groups excluding carboxylic acids is 1. The maximum absolute atomic E-state index is 14.0. The van der Waals surface area contributed by atoms with Gasteiger partial charge in [-0.15, -0.1) is 0 Å². The first kappa shape index (κ1) is 25.8. The third-order valence-electron chi connectivity index (χ3n) is 7.64. The minimum absolute atomic E-state index is 0.116. The Morgan fingerprint density at radius 3 is 2.25 bits per heavy atom. The highest BCUT2D eigenvalue weighted by atomic mass is 19.1. The summed E-state index contributed by atoms with van der Waals surface area (Å²) in [6.07, 6.45) is 6.82. The van der Waals surface area contributed by atoms with E-state index in [1.54, 1.807) is 36.7 Å². The van der Waals surface area contributed by atoms with Gasteiger partial charge in [0.25, 0.3) is 0 Å². The summed E-state index contributed by atoms with van der Waals surface area (Å²) in [5.74, 6) is -0.986. The van der Waals surface area contributed by atoms with E-state index in [9.17, 15) is 13.6 Å². The Morgan fingerprint density at radius 2 is 1.57 bits per heavy atom. The summed E-state index contributed by atoms with van der Waals surface area (Å²) >= 11 is 0. The summed E-state index contributed by atoms with van der Waals surface area (Å²) in [6.45, 7) is 2.09. The summed E-state index contributed by atoms with van der Waals surface area (Å²) in [6, 6.07) is 16.3. The molecule has 2 unspecified atom stereocenters. The third kappa shape index (κ3) is 5.08. The molecule has 5 aromatic rings. The van der Waals surface area contributed by atoms with Crippen molar-refractivity contribution in [2.45, 2.75) is 19.4 Å². The monoisotopic (exact) mass is 538 g/mol. The summed E-state index contributed by atoms with van der Waals surface area (Å²) in [7, 11) is 0. The fourth-order valence-corrected chi connectivity index (χ4v) is 5.63. The average molecular weight is 539 g/mol. The summed E-state index contributed by atoms with van der Waals surface area (Å²) in [4.78, 5) is 21.2. The molecule has 0 bridgehead atoms. The zero-order valence-electron chi connectivity index (χ0n) is 21.7. The second-order valence-electron chi connectivity index (χ2n) is 10.1. The number of nitrogens with one attached hydrogen (secondary N) is 1. The lowest BCUT2D eigenvalue weighted by Crippen LogP contribution is -2.43. The van der Waals surface area contributed by atoms with Gasteiger partial charge in [0.05, 0.1) is 5.69 Å². The van der Waals surface area contributed by atoms with E-state index in [0.29, 0.717) is 17.9 Å². The van der Waals surface area contributed by atoms with Crippen LogP contribution in [0, 0.1) is 23.5 Å². The number of halogens is 2. The number of fused-ring (bicyclic) bond motifs is 1. The molecule has 1 aliphatic rings. The molecule has 40 heavy (non-hydrogen) atoms. The van der Waals surface area contributed by atoms with Crippen molar-refractivity contribution < 1.29 is 13.6 Å². The second kappa shape index (κ2) is 10.9. The molecule has 3 N–H and O–H groups in total. The zero-order chi connectivity index (χ0) is 27.6. The van der Waals surface area contributed by atoms with Gasteiger partial charge in [-0.25, -0.2) is 13.8 Å². The topological polar surface area (TPSA) is 98.7 Å². The fraction of sp³-hybridized carbons (Fsp3) is 0.226. The number of hydrogen-bond acceptors (Lipinski definition) is 5. The Balaban J connectivity index is 1.52. The van der Waals surface area contributed by atoms with E-state index in [0.717, 1.165) is 59.1 Å². The number of benzene rings is 2. The second-order valence-corrected chi connectivity index (χ2v) is 10.1. The largest absolute Gasteiger partial charge is 0.369 e. The molecule has 2 atom stereocenters. The van der Waals surface area contributed by atoms with Gasteiger partial charge < -0.3 is 11.1 Å². The smallest absolute Gasteiger partial charge is 0.220 e. The van der Waals surface area contributed by atoms with Crippen LogP contribution < -0.4 is 11.1 Å². The average Bonchev–Trinajstić information content (AvgIpc) is 3.39. The minimum atomic E-state index is -0.343. The number of aromatic nitrogens is 4. The number of primary amides is 1. The van der Waals surface area contributed by atoms with Gasteiger partial charge in [0.2, 0.25) is 5.91 Å². The number of nitrogens with two attached hydrogens (primary N) is 1. The summed E-state index contributed by atoms with van der Waals surface area (Å²) in [5, 5.41) is 8.98. The van der Waals surface area contributed by atoms with E-state index in [1.807, 2.05) is 23.0 Å². The predicted molar refractivity (Wildman–Crippen MR) is 150 cm³/mol. The van der Waals surface area contributed by atoms with Gasteiger partial charge in [-0.05, 0) is 91.5 Å². The first-order valence-corrected chi connectivity index (χ1v) is 13.3. The molecule has 4 heterocycles. The Hall–Kier alpha value is -4.50. The molecule has 0 radical (unpaired) electrons. The Kier molecular flexibility index (Phi) is 7.04. The van der Waals surface area contributed by atoms with Crippen molar-refractivity contribution in [3.63, 3.8) is 0 Å². The van der Waals surface area contributed by atoms with Crippen LogP contribution in [-0.4, -0.2) is 38.7 Å².